The minimum atomic E-state index is -1.03. The van der Waals surface area contributed by atoms with Crippen molar-refractivity contribution >= 4 is 29.1 Å². The molecule has 5 heteroatoms. The number of aryl methyl sites for hydroxylation is 2. The normalized spacial score (nSPS) is 10.4. The quantitative estimate of drug-likeness (QED) is 0.808. The Labute approximate surface area is 128 Å². The highest BCUT2D eigenvalue weighted by Gasteiger charge is 2.15. The third-order valence-electron chi connectivity index (χ3n) is 3.33. The molecule has 4 nitrogen and oxygen atoms in total. The second-order valence-corrected chi connectivity index (χ2v) is 5.01. The molecule has 0 saturated heterocycles. The number of pyridine rings is 1. The Morgan fingerprint density at radius 2 is 1.81 bits per heavy atom. The zero-order valence-electron chi connectivity index (χ0n) is 12.0. The second-order valence-electron chi connectivity index (χ2n) is 4.62. The van der Waals surface area contributed by atoms with Crippen molar-refractivity contribution in [3.8, 4) is 0 Å². The van der Waals surface area contributed by atoms with Crippen molar-refractivity contribution in [3.63, 3.8) is 0 Å². The van der Waals surface area contributed by atoms with Gasteiger partial charge in [0.25, 0.3) is 0 Å². The summed E-state index contributed by atoms with van der Waals surface area (Å²) in [5.74, 6) is -0.765. The third kappa shape index (κ3) is 3.34. The smallest absolute Gasteiger partial charge is 0.339 e. The Morgan fingerprint density at radius 1 is 1.19 bits per heavy atom. The Bertz CT molecular complexity index is 649. The van der Waals surface area contributed by atoms with E-state index in [4.69, 9.17) is 11.6 Å². The third-order valence-corrected chi connectivity index (χ3v) is 3.54. The molecule has 2 N–H and O–H groups in total. The van der Waals surface area contributed by atoms with E-state index < -0.39 is 5.97 Å². The molecule has 0 bridgehead atoms. The Kier molecular flexibility index (Phi) is 4.81. The Hall–Kier alpha value is -2.07. The van der Waals surface area contributed by atoms with Crippen molar-refractivity contribution in [2.24, 2.45) is 0 Å². The van der Waals surface area contributed by atoms with Crippen LogP contribution in [0.15, 0.2) is 30.3 Å². The summed E-state index contributed by atoms with van der Waals surface area (Å²) in [6.07, 6.45) is 1.69. The van der Waals surface area contributed by atoms with Crippen LogP contribution in [-0.2, 0) is 12.8 Å². The van der Waals surface area contributed by atoms with Crippen LogP contribution in [-0.4, -0.2) is 16.1 Å². The monoisotopic (exact) mass is 304 g/mol. The molecule has 2 rings (SSSR count). The van der Waals surface area contributed by atoms with Crippen molar-refractivity contribution < 1.29 is 9.90 Å². The van der Waals surface area contributed by atoms with Crippen LogP contribution in [0.1, 0.15) is 35.3 Å². The standard InChI is InChI=1S/C16H17ClN2O2/c1-3-10-6-5-7-11(4-2)14(10)19-15-12(16(20)21)8-9-13(17)18-15/h5-9H,3-4H2,1-2H3,(H,18,19)(H,20,21). The van der Waals surface area contributed by atoms with Crippen molar-refractivity contribution in [2.75, 3.05) is 5.32 Å². The molecule has 0 aliphatic carbocycles. The number of rotatable bonds is 5. The molecule has 0 radical (unpaired) electrons. The molecule has 1 aromatic carbocycles. The van der Waals surface area contributed by atoms with E-state index >= 15 is 0 Å². The van der Waals surface area contributed by atoms with E-state index in [0.29, 0.717) is 0 Å². The van der Waals surface area contributed by atoms with Gasteiger partial charge in [0.1, 0.15) is 16.5 Å². The highest BCUT2D eigenvalue weighted by Crippen LogP contribution is 2.28. The average molecular weight is 305 g/mol. The van der Waals surface area contributed by atoms with Crippen LogP contribution < -0.4 is 5.32 Å². The van der Waals surface area contributed by atoms with Gasteiger partial charge in [-0.3, -0.25) is 0 Å². The van der Waals surface area contributed by atoms with Gasteiger partial charge in [0.15, 0.2) is 0 Å². The summed E-state index contributed by atoms with van der Waals surface area (Å²) >= 11 is 5.89. The zero-order chi connectivity index (χ0) is 15.4. The lowest BCUT2D eigenvalue weighted by atomic mass is 10.0. The first-order valence-electron chi connectivity index (χ1n) is 6.84. The van der Waals surface area contributed by atoms with E-state index in [-0.39, 0.29) is 16.5 Å². The van der Waals surface area contributed by atoms with Crippen LogP contribution in [0.25, 0.3) is 0 Å². The molecule has 110 valence electrons. The van der Waals surface area contributed by atoms with Gasteiger partial charge in [-0.15, -0.1) is 0 Å². The molecular weight excluding hydrogens is 288 g/mol. The van der Waals surface area contributed by atoms with Gasteiger partial charge in [0.2, 0.25) is 0 Å². The molecule has 0 aliphatic heterocycles. The van der Waals surface area contributed by atoms with E-state index in [1.54, 1.807) is 0 Å². The summed E-state index contributed by atoms with van der Waals surface area (Å²) in [4.78, 5) is 15.4. The van der Waals surface area contributed by atoms with Crippen LogP contribution >= 0.6 is 11.6 Å². The Morgan fingerprint density at radius 3 is 2.33 bits per heavy atom. The molecule has 0 fully saturated rings. The summed E-state index contributed by atoms with van der Waals surface area (Å²) in [6.45, 7) is 4.12. The van der Waals surface area contributed by atoms with Crippen LogP contribution in [0.5, 0.6) is 0 Å². The van der Waals surface area contributed by atoms with Crippen molar-refractivity contribution in [3.05, 3.63) is 52.2 Å². The highest BCUT2D eigenvalue weighted by molar-refractivity contribution is 6.29. The van der Waals surface area contributed by atoms with Gasteiger partial charge in [0, 0.05) is 5.69 Å². The molecule has 1 aromatic heterocycles. The van der Waals surface area contributed by atoms with Gasteiger partial charge in [-0.2, -0.15) is 0 Å². The fourth-order valence-corrected chi connectivity index (χ4v) is 2.37. The molecule has 0 spiro atoms. The number of halogens is 1. The van der Waals surface area contributed by atoms with Crippen molar-refractivity contribution in [1.82, 2.24) is 4.98 Å². The predicted molar refractivity (Wildman–Crippen MR) is 84.7 cm³/mol. The fourth-order valence-electron chi connectivity index (χ4n) is 2.22. The number of nitrogens with zero attached hydrogens (tertiary/aromatic N) is 1. The van der Waals surface area contributed by atoms with Gasteiger partial charge in [-0.25, -0.2) is 9.78 Å². The fraction of sp³-hybridized carbons (Fsp3) is 0.250. The van der Waals surface area contributed by atoms with Gasteiger partial charge in [0.05, 0.1) is 0 Å². The Balaban J connectivity index is 2.52. The zero-order valence-corrected chi connectivity index (χ0v) is 12.7. The summed E-state index contributed by atoms with van der Waals surface area (Å²) in [5, 5.41) is 12.7. The molecule has 0 amide bonds. The van der Waals surface area contributed by atoms with Gasteiger partial charge < -0.3 is 10.4 Å². The number of carboxylic acid groups (broad SMARTS) is 1. The molecule has 0 saturated carbocycles. The number of carbonyl (C=O) groups is 1. The number of carboxylic acids is 1. The molecular formula is C16H17ClN2O2. The van der Waals surface area contributed by atoms with E-state index in [1.165, 1.54) is 12.1 Å². The molecule has 0 aliphatic rings. The lowest BCUT2D eigenvalue weighted by Gasteiger charge is -2.16. The first kappa shape index (κ1) is 15.3. The highest BCUT2D eigenvalue weighted by atomic mass is 35.5. The lowest BCUT2D eigenvalue weighted by molar-refractivity contribution is 0.0697. The van der Waals surface area contributed by atoms with E-state index in [9.17, 15) is 9.90 Å². The van der Waals surface area contributed by atoms with E-state index in [1.807, 2.05) is 18.2 Å². The van der Waals surface area contributed by atoms with E-state index in [0.717, 1.165) is 29.7 Å². The lowest BCUT2D eigenvalue weighted by Crippen LogP contribution is -2.07. The average Bonchev–Trinajstić information content (AvgIpc) is 2.47. The van der Waals surface area contributed by atoms with Gasteiger partial charge in [-0.05, 0) is 36.1 Å². The number of hydrogen-bond donors (Lipinski definition) is 2. The minimum Gasteiger partial charge on any atom is -0.478 e. The first-order valence-corrected chi connectivity index (χ1v) is 7.22. The molecule has 1 heterocycles. The van der Waals surface area contributed by atoms with Crippen LogP contribution in [0, 0.1) is 0 Å². The largest absolute Gasteiger partial charge is 0.478 e. The van der Waals surface area contributed by atoms with E-state index in [2.05, 4.69) is 24.1 Å². The number of benzene rings is 1. The maximum atomic E-state index is 11.3. The van der Waals surface area contributed by atoms with Crippen LogP contribution in [0.4, 0.5) is 11.5 Å². The topological polar surface area (TPSA) is 62.2 Å². The summed E-state index contributed by atoms with van der Waals surface area (Å²) < 4.78 is 0. The van der Waals surface area contributed by atoms with Crippen molar-refractivity contribution in [2.45, 2.75) is 26.7 Å². The van der Waals surface area contributed by atoms with Crippen molar-refractivity contribution in [1.29, 1.82) is 0 Å². The molecule has 2 aromatic rings. The molecule has 21 heavy (non-hydrogen) atoms. The molecule has 0 unspecified atom stereocenters. The maximum absolute atomic E-state index is 11.3. The summed E-state index contributed by atoms with van der Waals surface area (Å²) in [7, 11) is 0. The number of nitrogens with one attached hydrogen (secondary N) is 1. The van der Waals surface area contributed by atoms with Gasteiger partial charge >= 0.3 is 5.97 Å². The number of aromatic carboxylic acids is 1. The number of aromatic nitrogens is 1. The number of hydrogen-bond acceptors (Lipinski definition) is 3. The summed E-state index contributed by atoms with van der Waals surface area (Å²) in [6, 6.07) is 8.98. The number of para-hydroxylation sites is 1. The molecule has 0 atom stereocenters. The summed E-state index contributed by atoms with van der Waals surface area (Å²) in [5.41, 5.74) is 3.26. The first-order chi connectivity index (χ1) is 10.1. The maximum Gasteiger partial charge on any atom is 0.339 e. The van der Waals surface area contributed by atoms with Gasteiger partial charge in [-0.1, -0.05) is 43.6 Å². The minimum absolute atomic E-state index is 0.104. The second kappa shape index (κ2) is 6.59. The predicted octanol–water partition coefficient (Wildman–Crippen LogP) is 4.30. The van der Waals surface area contributed by atoms with Crippen LogP contribution in [0.3, 0.4) is 0 Å². The SMILES string of the molecule is CCc1cccc(CC)c1Nc1nc(Cl)ccc1C(=O)O. The van der Waals surface area contributed by atoms with Crippen LogP contribution in [0.2, 0.25) is 5.15 Å². The number of anilines is 2.